The largest absolute Gasteiger partial charge is 0.423 e. The minimum Gasteiger partial charge on any atom is -0.423 e. The van der Waals surface area contributed by atoms with Gasteiger partial charge in [-0.3, -0.25) is 18.3 Å². The Morgan fingerprint density at radius 1 is 1.15 bits per heavy atom. The average Bonchev–Trinajstić information content (AvgIpc) is 3.21. The first kappa shape index (κ1) is 17.3. The monoisotopic (exact) mass is 370 g/mol. The van der Waals surface area contributed by atoms with E-state index in [1.54, 1.807) is 29.8 Å². The minimum atomic E-state index is -0.386. The molecule has 0 aliphatic heterocycles. The lowest BCUT2D eigenvalue weighted by Gasteiger charge is -2.07. The van der Waals surface area contributed by atoms with Crippen LogP contribution in [0.4, 0.5) is 4.39 Å². The zero-order valence-electron chi connectivity index (χ0n) is 15.1. The van der Waals surface area contributed by atoms with E-state index in [9.17, 15) is 14.0 Å². The van der Waals surface area contributed by atoms with Crippen LogP contribution in [0.15, 0.2) is 44.5 Å². The highest BCUT2D eigenvalue weighted by atomic mass is 19.1. The molecule has 1 aromatic carbocycles. The first-order valence-corrected chi connectivity index (χ1v) is 8.88. The molecule has 0 bridgehead atoms. The van der Waals surface area contributed by atoms with Gasteiger partial charge in [0.05, 0.1) is 6.20 Å². The maximum atomic E-state index is 13.1. The number of oxazole rings is 1. The third kappa shape index (κ3) is 2.77. The van der Waals surface area contributed by atoms with Crippen LogP contribution in [-0.4, -0.2) is 18.5 Å². The van der Waals surface area contributed by atoms with E-state index in [0.29, 0.717) is 23.4 Å². The van der Waals surface area contributed by atoms with Gasteiger partial charge in [-0.25, -0.2) is 9.18 Å². The number of unbranched alkanes of at least 4 members (excludes halogenated alkanes) is 2. The Labute approximate surface area is 153 Å². The van der Waals surface area contributed by atoms with Crippen molar-refractivity contribution in [2.75, 3.05) is 0 Å². The van der Waals surface area contributed by atoms with E-state index in [1.807, 2.05) is 0 Å². The van der Waals surface area contributed by atoms with Gasteiger partial charge >= 0.3 is 11.5 Å². The van der Waals surface area contributed by atoms with Crippen LogP contribution >= 0.6 is 0 Å². The van der Waals surface area contributed by atoms with Gasteiger partial charge in [0, 0.05) is 19.2 Å². The third-order valence-electron chi connectivity index (χ3n) is 4.71. The van der Waals surface area contributed by atoms with Crippen molar-refractivity contribution in [3.63, 3.8) is 0 Å². The Kier molecular flexibility index (Phi) is 4.18. The second-order valence-corrected chi connectivity index (χ2v) is 6.54. The summed E-state index contributed by atoms with van der Waals surface area (Å²) in [7, 11) is 1.59. The molecule has 4 aromatic rings. The molecule has 0 aliphatic rings. The molecule has 0 amide bonds. The maximum absolute atomic E-state index is 13.1. The van der Waals surface area contributed by atoms with Crippen molar-refractivity contribution in [1.29, 1.82) is 0 Å². The quantitative estimate of drug-likeness (QED) is 0.506. The van der Waals surface area contributed by atoms with Crippen LogP contribution in [0.3, 0.4) is 0 Å². The van der Waals surface area contributed by atoms with Gasteiger partial charge in [0.2, 0.25) is 0 Å². The van der Waals surface area contributed by atoms with Crippen LogP contribution in [0.2, 0.25) is 0 Å². The average molecular weight is 370 g/mol. The fourth-order valence-corrected chi connectivity index (χ4v) is 3.22. The van der Waals surface area contributed by atoms with Crippen molar-refractivity contribution in [3.05, 3.63) is 57.1 Å². The molecule has 27 heavy (non-hydrogen) atoms. The second kappa shape index (κ2) is 6.53. The van der Waals surface area contributed by atoms with Crippen LogP contribution in [0.1, 0.15) is 26.2 Å². The molecule has 0 N–H and O–H groups in total. The standard InChI is InChI=1S/C19H19FN4O3/c1-3-4-5-10-23-17(25)15-16(22(2)19(23)26)21-18-24(15)11-14(27-18)12-6-8-13(20)9-7-12/h6-9,11H,3-5,10H2,1-2H3. The van der Waals surface area contributed by atoms with Gasteiger partial charge in [-0.15, -0.1) is 0 Å². The number of imidazole rings is 1. The van der Waals surface area contributed by atoms with E-state index < -0.39 is 0 Å². The first-order valence-electron chi connectivity index (χ1n) is 8.88. The zero-order valence-corrected chi connectivity index (χ0v) is 15.1. The SMILES string of the molecule is CCCCCn1c(=O)c2c(nc3oc(-c4ccc(F)cc4)cn32)n(C)c1=O. The van der Waals surface area contributed by atoms with Crippen molar-refractivity contribution in [2.24, 2.45) is 7.05 Å². The molecule has 8 heteroatoms. The molecule has 0 unspecified atom stereocenters. The van der Waals surface area contributed by atoms with Crippen molar-refractivity contribution in [2.45, 2.75) is 32.7 Å². The summed E-state index contributed by atoms with van der Waals surface area (Å²) in [6, 6.07) is 5.86. The predicted octanol–water partition coefficient (Wildman–Crippen LogP) is 2.94. The number of hydrogen-bond acceptors (Lipinski definition) is 4. The minimum absolute atomic E-state index is 0.211. The van der Waals surface area contributed by atoms with Gasteiger partial charge in [0.25, 0.3) is 5.56 Å². The number of rotatable bonds is 5. The summed E-state index contributed by atoms with van der Waals surface area (Å²) in [5.74, 6) is 0.332. The van der Waals surface area contributed by atoms with Crippen LogP contribution < -0.4 is 11.2 Å². The number of aryl methyl sites for hydroxylation is 1. The van der Waals surface area contributed by atoms with Gasteiger partial charge in [-0.05, 0) is 30.7 Å². The molecular formula is C19H19FN4O3. The molecule has 0 spiro atoms. The lowest BCUT2D eigenvalue weighted by Crippen LogP contribution is -2.39. The molecule has 0 fully saturated rings. The third-order valence-corrected chi connectivity index (χ3v) is 4.71. The van der Waals surface area contributed by atoms with Gasteiger partial charge in [-0.1, -0.05) is 19.8 Å². The maximum Gasteiger partial charge on any atom is 0.332 e. The molecule has 3 heterocycles. The fraction of sp³-hybridized carbons (Fsp3) is 0.316. The highest BCUT2D eigenvalue weighted by Crippen LogP contribution is 2.24. The fourth-order valence-electron chi connectivity index (χ4n) is 3.22. The molecule has 0 radical (unpaired) electrons. The van der Waals surface area contributed by atoms with E-state index >= 15 is 0 Å². The van der Waals surface area contributed by atoms with Gasteiger partial charge in [0.15, 0.2) is 16.9 Å². The van der Waals surface area contributed by atoms with E-state index in [1.165, 1.54) is 21.3 Å². The van der Waals surface area contributed by atoms with E-state index in [2.05, 4.69) is 11.9 Å². The van der Waals surface area contributed by atoms with Crippen molar-refractivity contribution in [3.8, 4) is 11.3 Å². The van der Waals surface area contributed by atoms with Crippen LogP contribution in [-0.2, 0) is 13.6 Å². The second-order valence-electron chi connectivity index (χ2n) is 6.54. The summed E-state index contributed by atoms with van der Waals surface area (Å²) in [5.41, 5.74) is 0.469. The van der Waals surface area contributed by atoms with E-state index in [0.717, 1.165) is 19.3 Å². The molecule has 0 saturated carbocycles. The normalized spacial score (nSPS) is 11.7. The number of hydrogen-bond donors (Lipinski definition) is 0. The number of benzene rings is 1. The lowest BCUT2D eigenvalue weighted by atomic mass is 10.2. The molecular weight excluding hydrogens is 351 g/mol. The molecule has 0 atom stereocenters. The lowest BCUT2D eigenvalue weighted by molar-refractivity contribution is 0.550. The number of halogens is 1. The van der Waals surface area contributed by atoms with Crippen LogP contribution in [0, 0.1) is 5.82 Å². The first-order chi connectivity index (χ1) is 13.0. The highest BCUT2D eigenvalue weighted by molar-refractivity contribution is 5.76. The molecule has 4 rings (SSSR count). The Balaban J connectivity index is 1.91. The van der Waals surface area contributed by atoms with Gasteiger partial charge in [0.1, 0.15) is 5.82 Å². The molecule has 0 aliphatic carbocycles. The summed E-state index contributed by atoms with van der Waals surface area (Å²) >= 11 is 0. The smallest absolute Gasteiger partial charge is 0.332 e. The summed E-state index contributed by atoms with van der Waals surface area (Å²) in [6.45, 7) is 2.43. The molecule has 3 aromatic heterocycles. The van der Waals surface area contributed by atoms with Gasteiger partial charge in [-0.2, -0.15) is 4.98 Å². The number of nitrogens with zero attached hydrogens (tertiary/aromatic N) is 4. The highest BCUT2D eigenvalue weighted by Gasteiger charge is 2.19. The number of aromatic nitrogens is 4. The Morgan fingerprint density at radius 3 is 2.59 bits per heavy atom. The molecule has 7 nitrogen and oxygen atoms in total. The Hall–Kier alpha value is -3.16. The topological polar surface area (TPSA) is 74.4 Å². The molecule has 140 valence electrons. The van der Waals surface area contributed by atoms with E-state index in [4.69, 9.17) is 4.42 Å². The van der Waals surface area contributed by atoms with E-state index in [-0.39, 0.29) is 28.6 Å². The summed E-state index contributed by atoms with van der Waals surface area (Å²) < 4.78 is 23.0. The molecule has 0 saturated heterocycles. The zero-order chi connectivity index (χ0) is 19.1. The summed E-state index contributed by atoms with van der Waals surface area (Å²) in [4.78, 5) is 29.8. The van der Waals surface area contributed by atoms with Crippen molar-refractivity contribution >= 4 is 17.0 Å². The van der Waals surface area contributed by atoms with Crippen LogP contribution in [0.25, 0.3) is 28.3 Å². The Bertz CT molecular complexity index is 1240. The van der Waals surface area contributed by atoms with Crippen molar-refractivity contribution < 1.29 is 8.81 Å². The van der Waals surface area contributed by atoms with Crippen LogP contribution in [0.5, 0.6) is 0 Å². The number of fused-ring (bicyclic) bond motifs is 3. The van der Waals surface area contributed by atoms with Gasteiger partial charge < -0.3 is 4.42 Å². The predicted molar refractivity (Wildman–Crippen MR) is 99.4 cm³/mol. The van der Waals surface area contributed by atoms with Crippen molar-refractivity contribution in [1.82, 2.24) is 18.5 Å². The Morgan fingerprint density at radius 2 is 1.89 bits per heavy atom. The summed E-state index contributed by atoms with van der Waals surface area (Å²) in [6.07, 6.45) is 4.33. The summed E-state index contributed by atoms with van der Waals surface area (Å²) in [5, 5.41) is 0.